The molecule has 1 aliphatic carbocycles. The minimum atomic E-state index is -0.726. The molecule has 33 heavy (non-hydrogen) atoms. The SMILES string of the molecule is CCCCC[C@H](O)/C=C/[C@H]1C2CC(CCc3ccccc3)(CO2)[C@@H]1C/C=C/CCCC(=O)O. The van der Waals surface area contributed by atoms with E-state index in [1.54, 1.807) is 0 Å². The summed E-state index contributed by atoms with van der Waals surface area (Å²) >= 11 is 0. The van der Waals surface area contributed by atoms with Crippen LogP contribution in [0.5, 0.6) is 0 Å². The van der Waals surface area contributed by atoms with E-state index < -0.39 is 5.97 Å². The summed E-state index contributed by atoms with van der Waals surface area (Å²) in [5, 5.41) is 19.3. The van der Waals surface area contributed by atoms with Gasteiger partial charge in [0.1, 0.15) is 0 Å². The van der Waals surface area contributed by atoms with Crippen LogP contribution in [0.2, 0.25) is 0 Å². The summed E-state index contributed by atoms with van der Waals surface area (Å²) in [5.41, 5.74) is 1.55. The first-order chi connectivity index (χ1) is 16.0. The van der Waals surface area contributed by atoms with Crippen molar-refractivity contribution in [1.29, 1.82) is 0 Å². The molecule has 1 saturated heterocycles. The van der Waals surface area contributed by atoms with Crippen molar-refractivity contribution < 1.29 is 19.7 Å². The molecule has 2 bridgehead atoms. The molecule has 0 radical (unpaired) electrons. The smallest absolute Gasteiger partial charge is 0.303 e. The first-order valence-corrected chi connectivity index (χ1v) is 12.9. The maximum absolute atomic E-state index is 10.7. The Kier molecular flexibility index (Phi) is 10.2. The first kappa shape index (κ1) is 25.7. The van der Waals surface area contributed by atoms with E-state index in [0.29, 0.717) is 18.3 Å². The first-order valence-electron chi connectivity index (χ1n) is 12.9. The number of aliphatic hydroxyl groups excluding tert-OH is 1. The van der Waals surface area contributed by atoms with Gasteiger partial charge in [0, 0.05) is 17.8 Å². The molecule has 4 nitrogen and oxygen atoms in total. The Labute approximate surface area is 199 Å². The normalized spacial score (nSPS) is 27.6. The summed E-state index contributed by atoms with van der Waals surface area (Å²) in [6, 6.07) is 10.7. The molecule has 1 saturated carbocycles. The molecule has 2 unspecified atom stereocenters. The maximum Gasteiger partial charge on any atom is 0.303 e. The second-order valence-corrected chi connectivity index (χ2v) is 10.0. The number of unbranched alkanes of at least 4 members (excludes halogenated alkanes) is 3. The molecule has 1 heterocycles. The number of benzene rings is 1. The lowest BCUT2D eigenvalue weighted by atomic mass is 9.70. The molecule has 3 rings (SSSR count). The molecule has 0 aromatic heterocycles. The number of aliphatic carboxylic acids is 1. The zero-order valence-corrected chi connectivity index (χ0v) is 20.2. The Morgan fingerprint density at radius 1 is 1.21 bits per heavy atom. The number of aliphatic hydroxyl groups is 1. The average Bonchev–Trinajstić information content (AvgIpc) is 3.36. The van der Waals surface area contributed by atoms with Crippen molar-refractivity contribution in [3.8, 4) is 0 Å². The van der Waals surface area contributed by atoms with Crippen LogP contribution in [-0.2, 0) is 16.0 Å². The Morgan fingerprint density at radius 2 is 2.03 bits per heavy atom. The van der Waals surface area contributed by atoms with Gasteiger partial charge in [-0.25, -0.2) is 0 Å². The van der Waals surface area contributed by atoms with Crippen LogP contribution in [0.3, 0.4) is 0 Å². The number of aryl methyl sites for hydroxylation is 1. The fourth-order valence-corrected chi connectivity index (χ4v) is 5.72. The molecule has 1 aromatic rings. The van der Waals surface area contributed by atoms with Crippen LogP contribution in [-0.4, -0.2) is 35.0 Å². The van der Waals surface area contributed by atoms with Gasteiger partial charge >= 0.3 is 5.97 Å². The molecular formula is C29H42O4. The molecule has 182 valence electrons. The Morgan fingerprint density at radius 3 is 2.79 bits per heavy atom. The second kappa shape index (κ2) is 13.1. The molecule has 0 spiro atoms. The average molecular weight is 455 g/mol. The largest absolute Gasteiger partial charge is 0.481 e. The zero-order chi connectivity index (χ0) is 23.5. The predicted octanol–water partition coefficient (Wildman–Crippen LogP) is 6.34. The summed E-state index contributed by atoms with van der Waals surface area (Å²) < 4.78 is 6.27. The number of carboxylic acids is 1. The standard InChI is InChI=1S/C29H42O4/c1-2-3-7-14-24(30)17-18-25-26(15-10-4-5-11-16-28(31)32)29(21-27(25)33-22-29)20-19-23-12-8-6-9-13-23/h4,6,8-10,12-13,17-18,24-27,30H,2-3,5,7,11,14-16,19-22H2,1H3,(H,31,32)/b10-4+,18-17+/t24-,25+,26+,27?,29?/m0/s1. The van der Waals surface area contributed by atoms with Crippen molar-refractivity contribution in [2.24, 2.45) is 17.3 Å². The Balaban J connectivity index is 1.65. The van der Waals surface area contributed by atoms with E-state index in [1.165, 1.54) is 12.0 Å². The third-order valence-electron chi connectivity index (χ3n) is 7.60. The maximum atomic E-state index is 10.7. The highest BCUT2D eigenvalue weighted by atomic mass is 16.5. The lowest BCUT2D eigenvalue weighted by molar-refractivity contribution is -0.137. The van der Waals surface area contributed by atoms with Crippen molar-refractivity contribution in [2.75, 3.05) is 6.61 Å². The quantitative estimate of drug-likeness (QED) is 0.240. The van der Waals surface area contributed by atoms with Crippen LogP contribution in [0, 0.1) is 17.3 Å². The van der Waals surface area contributed by atoms with Crippen molar-refractivity contribution in [1.82, 2.24) is 0 Å². The number of hydrogen-bond acceptors (Lipinski definition) is 3. The Hall–Kier alpha value is -1.91. The van der Waals surface area contributed by atoms with Crippen LogP contribution in [0.4, 0.5) is 0 Å². The summed E-state index contributed by atoms with van der Waals surface area (Å²) in [7, 11) is 0. The minimum absolute atomic E-state index is 0.175. The third kappa shape index (κ3) is 7.55. The molecule has 4 heteroatoms. The van der Waals surface area contributed by atoms with Crippen molar-refractivity contribution >= 4 is 5.97 Å². The van der Waals surface area contributed by atoms with Gasteiger partial charge in [-0.3, -0.25) is 4.79 Å². The molecule has 1 aromatic carbocycles. The predicted molar refractivity (Wildman–Crippen MR) is 133 cm³/mol. The fourth-order valence-electron chi connectivity index (χ4n) is 5.72. The number of ether oxygens (including phenoxy) is 1. The van der Waals surface area contributed by atoms with Gasteiger partial charge in [0.2, 0.25) is 0 Å². The molecule has 5 atom stereocenters. The highest BCUT2D eigenvalue weighted by molar-refractivity contribution is 5.66. The van der Waals surface area contributed by atoms with Gasteiger partial charge in [-0.2, -0.15) is 0 Å². The highest BCUT2D eigenvalue weighted by Crippen LogP contribution is 2.58. The van der Waals surface area contributed by atoms with E-state index in [4.69, 9.17) is 9.84 Å². The number of allylic oxidation sites excluding steroid dienone is 2. The van der Waals surface area contributed by atoms with E-state index >= 15 is 0 Å². The Bertz CT molecular complexity index is 771. The van der Waals surface area contributed by atoms with Gasteiger partial charge in [0.25, 0.3) is 0 Å². The van der Waals surface area contributed by atoms with Crippen LogP contribution in [0.15, 0.2) is 54.6 Å². The number of carboxylic acid groups (broad SMARTS) is 1. The van der Waals surface area contributed by atoms with Crippen molar-refractivity contribution in [3.63, 3.8) is 0 Å². The van der Waals surface area contributed by atoms with Gasteiger partial charge < -0.3 is 14.9 Å². The number of carbonyl (C=O) groups is 1. The molecule has 2 N–H and O–H groups in total. The third-order valence-corrected chi connectivity index (χ3v) is 7.60. The van der Waals surface area contributed by atoms with E-state index in [9.17, 15) is 9.90 Å². The number of fused-ring (bicyclic) bond motifs is 2. The minimum Gasteiger partial charge on any atom is -0.481 e. The van der Waals surface area contributed by atoms with Crippen LogP contribution < -0.4 is 0 Å². The molecular weight excluding hydrogens is 412 g/mol. The van der Waals surface area contributed by atoms with E-state index in [2.05, 4.69) is 55.5 Å². The topological polar surface area (TPSA) is 66.8 Å². The highest BCUT2D eigenvalue weighted by Gasteiger charge is 2.56. The van der Waals surface area contributed by atoms with Crippen molar-refractivity contribution in [3.05, 3.63) is 60.2 Å². The lowest BCUT2D eigenvalue weighted by Gasteiger charge is -2.38. The van der Waals surface area contributed by atoms with Gasteiger partial charge in [0.15, 0.2) is 0 Å². The van der Waals surface area contributed by atoms with Crippen LogP contribution in [0.25, 0.3) is 0 Å². The van der Waals surface area contributed by atoms with Crippen LogP contribution in [0.1, 0.15) is 76.7 Å². The van der Waals surface area contributed by atoms with E-state index in [1.807, 2.05) is 6.08 Å². The van der Waals surface area contributed by atoms with Gasteiger partial charge in [-0.05, 0) is 56.4 Å². The van der Waals surface area contributed by atoms with Gasteiger partial charge in [-0.15, -0.1) is 0 Å². The van der Waals surface area contributed by atoms with Crippen LogP contribution >= 0.6 is 0 Å². The van der Waals surface area contributed by atoms with Gasteiger partial charge in [-0.1, -0.05) is 80.8 Å². The summed E-state index contributed by atoms with van der Waals surface area (Å²) in [6.45, 7) is 3.01. The number of hydrogen-bond donors (Lipinski definition) is 2. The van der Waals surface area contributed by atoms with E-state index in [0.717, 1.165) is 58.0 Å². The van der Waals surface area contributed by atoms with E-state index in [-0.39, 0.29) is 24.0 Å². The fraction of sp³-hybridized carbons (Fsp3) is 0.621. The number of rotatable bonds is 15. The molecule has 2 aliphatic rings. The molecule has 2 fully saturated rings. The van der Waals surface area contributed by atoms with Crippen molar-refractivity contribution in [2.45, 2.75) is 89.8 Å². The molecule has 0 amide bonds. The van der Waals surface area contributed by atoms with Gasteiger partial charge in [0.05, 0.1) is 18.8 Å². The zero-order valence-electron chi connectivity index (χ0n) is 20.2. The monoisotopic (exact) mass is 454 g/mol. The molecule has 1 aliphatic heterocycles. The summed E-state index contributed by atoms with van der Waals surface area (Å²) in [5.74, 6) is 0.102. The summed E-state index contributed by atoms with van der Waals surface area (Å²) in [6.07, 6.45) is 18.8. The summed E-state index contributed by atoms with van der Waals surface area (Å²) in [4.78, 5) is 10.7. The lowest BCUT2D eigenvalue weighted by Crippen LogP contribution is -2.36. The second-order valence-electron chi connectivity index (χ2n) is 10.0.